The van der Waals surface area contributed by atoms with Gasteiger partial charge in [0.05, 0.1) is 6.20 Å². The van der Waals surface area contributed by atoms with Crippen LogP contribution in [-0.4, -0.2) is 24.4 Å². The highest BCUT2D eigenvalue weighted by molar-refractivity contribution is 7.89. The van der Waals surface area contributed by atoms with E-state index in [2.05, 4.69) is 28.5 Å². The molecular formula is C12H23N3O2S. The first-order valence-corrected chi connectivity index (χ1v) is 7.99. The second-order valence-electron chi connectivity index (χ2n) is 4.53. The van der Waals surface area contributed by atoms with Crippen molar-refractivity contribution in [3.05, 3.63) is 12.0 Å². The fourth-order valence-electron chi connectivity index (χ4n) is 2.06. The van der Waals surface area contributed by atoms with Gasteiger partial charge in [0, 0.05) is 12.5 Å². The number of imidazole rings is 1. The first kappa shape index (κ1) is 15.2. The molecule has 1 aromatic heterocycles. The van der Waals surface area contributed by atoms with Crippen molar-refractivity contribution in [1.82, 2.24) is 14.7 Å². The molecule has 0 amide bonds. The molecule has 0 bridgehead atoms. The molecule has 1 heterocycles. The maximum atomic E-state index is 12.1. The number of rotatable bonds is 7. The highest BCUT2D eigenvalue weighted by atomic mass is 32.2. The molecule has 0 aliphatic carbocycles. The Morgan fingerprint density at radius 1 is 1.33 bits per heavy atom. The fraction of sp³-hybridized carbons (Fsp3) is 0.750. The van der Waals surface area contributed by atoms with E-state index >= 15 is 0 Å². The van der Waals surface area contributed by atoms with Gasteiger partial charge >= 0.3 is 0 Å². The zero-order valence-electron chi connectivity index (χ0n) is 11.5. The summed E-state index contributed by atoms with van der Waals surface area (Å²) in [4.78, 5) is 6.84. The summed E-state index contributed by atoms with van der Waals surface area (Å²) in [7, 11) is -3.48. The van der Waals surface area contributed by atoms with E-state index in [1.165, 1.54) is 6.20 Å². The van der Waals surface area contributed by atoms with Crippen LogP contribution in [0.4, 0.5) is 0 Å². The highest BCUT2D eigenvalue weighted by Gasteiger charge is 2.23. The molecule has 2 N–H and O–H groups in total. The molecule has 0 saturated heterocycles. The summed E-state index contributed by atoms with van der Waals surface area (Å²) in [6, 6.07) is -0.0709. The van der Waals surface area contributed by atoms with Crippen LogP contribution in [0.1, 0.15) is 46.4 Å². The lowest BCUT2D eigenvalue weighted by Gasteiger charge is -2.21. The SMILES string of the molecule is CCc1ncc(S(=O)(=O)NC(C)C(CC)CC)[nH]1. The molecule has 0 aliphatic rings. The number of sulfonamides is 1. The van der Waals surface area contributed by atoms with Gasteiger partial charge < -0.3 is 4.98 Å². The van der Waals surface area contributed by atoms with E-state index in [1.54, 1.807) is 0 Å². The summed E-state index contributed by atoms with van der Waals surface area (Å²) in [6.45, 7) is 7.98. The Morgan fingerprint density at radius 3 is 2.39 bits per heavy atom. The van der Waals surface area contributed by atoms with Crippen LogP contribution in [0, 0.1) is 5.92 Å². The van der Waals surface area contributed by atoms with Crippen molar-refractivity contribution in [2.24, 2.45) is 5.92 Å². The molecule has 5 nitrogen and oxygen atoms in total. The van der Waals surface area contributed by atoms with E-state index in [0.29, 0.717) is 18.2 Å². The van der Waals surface area contributed by atoms with Crippen molar-refractivity contribution in [2.45, 2.75) is 58.0 Å². The monoisotopic (exact) mass is 273 g/mol. The number of hydrogen-bond acceptors (Lipinski definition) is 3. The number of aromatic amines is 1. The molecule has 0 spiro atoms. The molecule has 18 heavy (non-hydrogen) atoms. The Bertz CT molecular complexity index is 463. The summed E-state index contributed by atoms with van der Waals surface area (Å²) in [6.07, 6.45) is 3.99. The Hall–Kier alpha value is -0.880. The lowest BCUT2D eigenvalue weighted by molar-refractivity contribution is 0.390. The first-order valence-electron chi connectivity index (χ1n) is 6.50. The molecule has 0 fully saturated rings. The van der Waals surface area contributed by atoms with Crippen LogP contribution in [-0.2, 0) is 16.4 Å². The predicted octanol–water partition coefficient (Wildman–Crippen LogP) is 2.08. The summed E-state index contributed by atoms with van der Waals surface area (Å²) in [5.74, 6) is 1.04. The number of hydrogen-bond donors (Lipinski definition) is 2. The third-order valence-corrected chi connectivity index (χ3v) is 4.80. The standard InChI is InChI=1S/C12H23N3O2S/c1-5-10(6-2)9(4)15-18(16,17)12-8-13-11(7-3)14-12/h8-10,15H,5-7H2,1-4H3,(H,13,14). The smallest absolute Gasteiger partial charge is 0.257 e. The third-order valence-electron chi connectivity index (χ3n) is 3.33. The van der Waals surface area contributed by atoms with Gasteiger partial charge in [-0.25, -0.2) is 18.1 Å². The van der Waals surface area contributed by atoms with Crippen molar-refractivity contribution in [1.29, 1.82) is 0 Å². The second kappa shape index (κ2) is 6.33. The van der Waals surface area contributed by atoms with Gasteiger partial charge in [0.15, 0.2) is 5.03 Å². The molecule has 1 rings (SSSR count). The van der Waals surface area contributed by atoms with Crippen molar-refractivity contribution >= 4 is 10.0 Å². The van der Waals surface area contributed by atoms with Crippen LogP contribution >= 0.6 is 0 Å². The van der Waals surface area contributed by atoms with Crippen LogP contribution in [0.25, 0.3) is 0 Å². The van der Waals surface area contributed by atoms with E-state index < -0.39 is 10.0 Å². The Kier molecular flexibility index (Phi) is 5.34. The average molecular weight is 273 g/mol. The van der Waals surface area contributed by atoms with Crippen molar-refractivity contribution in [2.75, 3.05) is 0 Å². The van der Waals surface area contributed by atoms with Gasteiger partial charge in [0.1, 0.15) is 5.82 Å². The van der Waals surface area contributed by atoms with Gasteiger partial charge in [-0.05, 0) is 12.8 Å². The third kappa shape index (κ3) is 3.55. The number of aromatic nitrogens is 2. The van der Waals surface area contributed by atoms with E-state index in [-0.39, 0.29) is 11.1 Å². The lowest BCUT2D eigenvalue weighted by Crippen LogP contribution is -2.37. The van der Waals surface area contributed by atoms with E-state index in [4.69, 9.17) is 0 Å². The van der Waals surface area contributed by atoms with Gasteiger partial charge in [0.25, 0.3) is 10.0 Å². The maximum absolute atomic E-state index is 12.1. The lowest BCUT2D eigenvalue weighted by atomic mass is 9.96. The zero-order valence-corrected chi connectivity index (χ0v) is 12.3. The van der Waals surface area contributed by atoms with Crippen molar-refractivity contribution < 1.29 is 8.42 Å². The van der Waals surface area contributed by atoms with Crippen molar-refractivity contribution in [3.63, 3.8) is 0 Å². The maximum Gasteiger partial charge on any atom is 0.257 e. The second-order valence-corrected chi connectivity index (χ2v) is 6.22. The van der Waals surface area contributed by atoms with Crippen molar-refractivity contribution in [3.8, 4) is 0 Å². The minimum absolute atomic E-state index is 0.0709. The van der Waals surface area contributed by atoms with Gasteiger partial charge in [-0.1, -0.05) is 33.6 Å². The Labute approximate surface area is 109 Å². The minimum Gasteiger partial charge on any atom is -0.332 e. The summed E-state index contributed by atoms with van der Waals surface area (Å²) >= 11 is 0. The molecule has 6 heteroatoms. The molecule has 0 aromatic carbocycles. The Balaban J connectivity index is 2.81. The highest BCUT2D eigenvalue weighted by Crippen LogP contribution is 2.15. The molecule has 104 valence electrons. The average Bonchev–Trinajstić information content (AvgIpc) is 2.79. The van der Waals surface area contributed by atoms with Gasteiger partial charge in [-0.2, -0.15) is 0 Å². The van der Waals surface area contributed by atoms with Gasteiger partial charge in [-0.3, -0.25) is 0 Å². The van der Waals surface area contributed by atoms with Crippen LogP contribution in [0.2, 0.25) is 0 Å². The molecule has 1 unspecified atom stereocenters. The largest absolute Gasteiger partial charge is 0.332 e. The van der Waals surface area contributed by atoms with E-state index in [9.17, 15) is 8.42 Å². The number of aryl methyl sites for hydroxylation is 1. The van der Waals surface area contributed by atoms with E-state index in [1.807, 2.05) is 13.8 Å². The number of nitrogens with zero attached hydrogens (tertiary/aromatic N) is 1. The number of nitrogens with one attached hydrogen (secondary N) is 2. The van der Waals surface area contributed by atoms with E-state index in [0.717, 1.165) is 12.8 Å². The summed E-state index contributed by atoms with van der Waals surface area (Å²) < 4.78 is 27.0. The number of H-pyrrole nitrogens is 1. The molecular weight excluding hydrogens is 250 g/mol. The fourth-order valence-corrected chi connectivity index (χ4v) is 3.31. The van der Waals surface area contributed by atoms with Crippen LogP contribution in [0.3, 0.4) is 0 Å². The van der Waals surface area contributed by atoms with Gasteiger partial charge in [-0.15, -0.1) is 0 Å². The minimum atomic E-state index is -3.48. The molecule has 1 atom stereocenters. The summed E-state index contributed by atoms with van der Waals surface area (Å²) in [5, 5.41) is 0.150. The van der Waals surface area contributed by atoms with Crippen LogP contribution in [0.5, 0.6) is 0 Å². The summed E-state index contributed by atoms with van der Waals surface area (Å²) in [5.41, 5.74) is 0. The Morgan fingerprint density at radius 2 is 1.94 bits per heavy atom. The quantitative estimate of drug-likeness (QED) is 0.798. The molecule has 0 radical (unpaired) electrons. The topological polar surface area (TPSA) is 74.8 Å². The van der Waals surface area contributed by atoms with Crippen LogP contribution < -0.4 is 4.72 Å². The first-order chi connectivity index (χ1) is 8.44. The van der Waals surface area contributed by atoms with Crippen LogP contribution in [0.15, 0.2) is 11.2 Å². The zero-order chi connectivity index (χ0) is 13.8. The molecule has 1 aromatic rings. The van der Waals surface area contributed by atoms with Gasteiger partial charge in [0.2, 0.25) is 0 Å². The molecule has 0 saturated carbocycles. The normalized spacial score (nSPS) is 14.1. The predicted molar refractivity (Wildman–Crippen MR) is 71.8 cm³/mol. The molecule has 0 aliphatic heterocycles.